The van der Waals surface area contributed by atoms with Gasteiger partial charge in [0.2, 0.25) is 5.91 Å². The summed E-state index contributed by atoms with van der Waals surface area (Å²) in [6.07, 6.45) is 1.49. The molecule has 0 aliphatic carbocycles. The Morgan fingerprint density at radius 2 is 2.28 bits per heavy atom. The SMILES string of the molecule is O=C(Cc1csc(N2CCOCC2)n1)N/N=C/c1cc(Cl)ccc1O. The standard InChI is InChI=1S/C16H17ClN4O3S/c17-12-1-2-14(22)11(7-12)9-18-20-15(23)8-13-10-25-16(19-13)21-3-5-24-6-4-21/h1-2,7,9-10,22H,3-6,8H2,(H,20,23)/b18-9+. The van der Waals surface area contributed by atoms with Gasteiger partial charge in [-0.2, -0.15) is 5.10 Å². The van der Waals surface area contributed by atoms with Crippen LogP contribution in [0.3, 0.4) is 0 Å². The van der Waals surface area contributed by atoms with E-state index in [2.05, 4.69) is 20.4 Å². The molecule has 0 saturated carbocycles. The van der Waals surface area contributed by atoms with Gasteiger partial charge < -0.3 is 14.7 Å². The highest BCUT2D eigenvalue weighted by molar-refractivity contribution is 7.13. The number of phenols is 1. The summed E-state index contributed by atoms with van der Waals surface area (Å²) in [6, 6.07) is 4.59. The van der Waals surface area contributed by atoms with Crippen LogP contribution >= 0.6 is 22.9 Å². The molecule has 1 amide bonds. The van der Waals surface area contributed by atoms with Crippen LogP contribution in [-0.4, -0.2) is 48.5 Å². The summed E-state index contributed by atoms with van der Waals surface area (Å²) in [7, 11) is 0. The van der Waals surface area contributed by atoms with Crippen LogP contribution in [-0.2, 0) is 16.0 Å². The minimum absolute atomic E-state index is 0.0389. The molecule has 3 rings (SSSR count). The van der Waals surface area contributed by atoms with E-state index in [0.717, 1.165) is 18.2 Å². The predicted molar refractivity (Wildman–Crippen MR) is 97.7 cm³/mol. The monoisotopic (exact) mass is 380 g/mol. The number of halogens is 1. The van der Waals surface area contributed by atoms with Gasteiger partial charge >= 0.3 is 0 Å². The van der Waals surface area contributed by atoms with Crippen LogP contribution in [0.4, 0.5) is 5.13 Å². The van der Waals surface area contributed by atoms with Gasteiger partial charge in [0.25, 0.3) is 0 Å². The molecule has 2 N–H and O–H groups in total. The molecule has 1 aromatic heterocycles. The van der Waals surface area contributed by atoms with E-state index in [1.807, 2.05) is 5.38 Å². The van der Waals surface area contributed by atoms with Crippen molar-refractivity contribution in [1.29, 1.82) is 0 Å². The van der Waals surface area contributed by atoms with E-state index in [1.165, 1.54) is 23.6 Å². The second-order valence-corrected chi connectivity index (χ2v) is 6.67. The van der Waals surface area contributed by atoms with Gasteiger partial charge in [-0.25, -0.2) is 10.4 Å². The lowest BCUT2D eigenvalue weighted by Crippen LogP contribution is -2.36. The van der Waals surface area contributed by atoms with Crippen LogP contribution < -0.4 is 10.3 Å². The van der Waals surface area contributed by atoms with Crippen LogP contribution in [0.5, 0.6) is 5.75 Å². The molecule has 0 atom stereocenters. The lowest BCUT2D eigenvalue weighted by atomic mass is 10.2. The smallest absolute Gasteiger partial charge is 0.246 e. The first-order chi connectivity index (χ1) is 12.1. The molecule has 25 heavy (non-hydrogen) atoms. The third kappa shape index (κ3) is 4.91. The number of rotatable bonds is 5. The third-order valence-electron chi connectivity index (χ3n) is 3.55. The van der Waals surface area contributed by atoms with E-state index in [9.17, 15) is 9.90 Å². The highest BCUT2D eigenvalue weighted by atomic mass is 35.5. The maximum Gasteiger partial charge on any atom is 0.246 e. The fourth-order valence-electron chi connectivity index (χ4n) is 2.28. The molecule has 2 heterocycles. The van der Waals surface area contributed by atoms with Crippen molar-refractivity contribution in [3.63, 3.8) is 0 Å². The molecule has 0 unspecified atom stereocenters. The fraction of sp³-hybridized carbons (Fsp3) is 0.312. The van der Waals surface area contributed by atoms with Crippen LogP contribution in [0.2, 0.25) is 5.02 Å². The summed E-state index contributed by atoms with van der Waals surface area (Å²) in [6.45, 7) is 3.01. The van der Waals surface area contributed by atoms with Gasteiger partial charge in [0.15, 0.2) is 5.13 Å². The molecule has 0 spiro atoms. The van der Waals surface area contributed by atoms with Crippen LogP contribution in [0, 0.1) is 0 Å². The lowest BCUT2D eigenvalue weighted by Gasteiger charge is -2.26. The number of nitrogens with one attached hydrogen (secondary N) is 1. The number of hydrogen-bond acceptors (Lipinski definition) is 7. The number of carbonyl (C=O) groups excluding carboxylic acids is 1. The molecule has 1 aliphatic heterocycles. The maximum absolute atomic E-state index is 12.0. The Morgan fingerprint density at radius 1 is 1.48 bits per heavy atom. The van der Waals surface area contributed by atoms with Gasteiger partial charge in [-0.15, -0.1) is 11.3 Å². The zero-order valence-electron chi connectivity index (χ0n) is 13.3. The maximum atomic E-state index is 12.0. The number of aromatic hydroxyl groups is 1. The topological polar surface area (TPSA) is 87.1 Å². The Balaban J connectivity index is 1.53. The van der Waals surface area contributed by atoms with Gasteiger partial charge in [0, 0.05) is 29.1 Å². The van der Waals surface area contributed by atoms with Crippen molar-refractivity contribution in [3.8, 4) is 5.75 Å². The average molecular weight is 381 g/mol. The lowest BCUT2D eigenvalue weighted by molar-refractivity contribution is -0.120. The first-order valence-corrected chi connectivity index (χ1v) is 8.95. The van der Waals surface area contributed by atoms with Crippen molar-refractivity contribution in [2.24, 2.45) is 5.10 Å². The van der Waals surface area contributed by atoms with Crippen molar-refractivity contribution in [2.45, 2.75) is 6.42 Å². The number of morpholine rings is 1. The normalized spacial score (nSPS) is 14.8. The largest absolute Gasteiger partial charge is 0.507 e. The van der Waals surface area contributed by atoms with Crippen molar-refractivity contribution in [3.05, 3.63) is 39.9 Å². The molecule has 1 aromatic carbocycles. The molecule has 0 radical (unpaired) electrons. The van der Waals surface area contributed by atoms with Gasteiger partial charge in [-0.3, -0.25) is 4.79 Å². The number of phenolic OH excluding ortho intramolecular Hbond substituents is 1. The number of amides is 1. The number of anilines is 1. The van der Waals surface area contributed by atoms with Gasteiger partial charge in [0.1, 0.15) is 5.75 Å². The quantitative estimate of drug-likeness (QED) is 0.612. The Morgan fingerprint density at radius 3 is 3.08 bits per heavy atom. The average Bonchev–Trinajstić information content (AvgIpc) is 3.07. The number of nitrogens with zero attached hydrogens (tertiary/aromatic N) is 3. The zero-order chi connectivity index (χ0) is 17.6. The molecule has 9 heteroatoms. The number of thiazole rings is 1. The molecule has 132 valence electrons. The van der Waals surface area contributed by atoms with E-state index in [1.54, 1.807) is 12.1 Å². The summed E-state index contributed by atoms with van der Waals surface area (Å²) in [5.74, 6) is -0.242. The summed E-state index contributed by atoms with van der Waals surface area (Å²) in [5, 5.41) is 16.8. The molecule has 1 fully saturated rings. The Hall–Kier alpha value is -2.16. The highest BCUT2D eigenvalue weighted by Gasteiger charge is 2.15. The molecular formula is C16H17ClN4O3S. The summed E-state index contributed by atoms with van der Waals surface area (Å²) < 4.78 is 5.32. The first-order valence-electron chi connectivity index (χ1n) is 7.69. The fourth-order valence-corrected chi connectivity index (χ4v) is 3.34. The number of aromatic nitrogens is 1. The molecule has 1 aliphatic rings. The first kappa shape index (κ1) is 17.7. The second kappa shape index (κ2) is 8.28. The number of benzene rings is 1. The van der Waals surface area contributed by atoms with Crippen molar-refractivity contribution < 1.29 is 14.6 Å². The summed E-state index contributed by atoms with van der Waals surface area (Å²) >= 11 is 7.37. The molecule has 1 saturated heterocycles. The number of hydrazone groups is 1. The minimum Gasteiger partial charge on any atom is -0.507 e. The number of ether oxygens (including phenoxy) is 1. The van der Waals surface area contributed by atoms with Gasteiger partial charge in [0.05, 0.1) is 31.5 Å². The number of hydrogen-bond donors (Lipinski definition) is 2. The van der Waals surface area contributed by atoms with E-state index in [0.29, 0.717) is 29.5 Å². The number of carbonyl (C=O) groups is 1. The van der Waals surface area contributed by atoms with E-state index < -0.39 is 0 Å². The van der Waals surface area contributed by atoms with Crippen molar-refractivity contribution in [2.75, 3.05) is 31.2 Å². The minimum atomic E-state index is -0.281. The van der Waals surface area contributed by atoms with E-state index in [4.69, 9.17) is 16.3 Å². The van der Waals surface area contributed by atoms with Crippen molar-refractivity contribution >= 4 is 40.2 Å². The van der Waals surface area contributed by atoms with Crippen molar-refractivity contribution in [1.82, 2.24) is 10.4 Å². The third-order valence-corrected chi connectivity index (χ3v) is 4.73. The Bertz CT molecular complexity index is 774. The van der Waals surface area contributed by atoms with E-state index in [-0.39, 0.29) is 18.1 Å². The van der Waals surface area contributed by atoms with Crippen LogP contribution in [0.25, 0.3) is 0 Å². The highest BCUT2D eigenvalue weighted by Crippen LogP contribution is 2.22. The molecule has 0 bridgehead atoms. The van der Waals surface area contributed by atoms with Crippen LogP contribution in [0.1, 0.15) is 11.3 Å². The van der Waals surface area contributed by atoms with Crippen LogP contribution in [0.15, 0.2) is 28.7 Å². The van der Waals surface area contributed by atoms with Gasteiger partial charge in [-0.05, 0) is 18.2 Å². The molecular weight excluding hydrogens is 364 g/mol. The second-order valence-electron chi connectivity index (χ2n) is 5.39. The predicted octanol–water partition coefficient (Wildman–Crippen LogP) is 2.03. The molecule has 7 nitrogen and oxygen atoms in total. The van der Waals surface area contributed by atoms with Gasteiger partial charge in [-0.1, -0.05) is 11.6 Å². The Labute approximate surface area is 153 Å². The summed E-state index contributed by atoms with van der Waals surface area (Å²) in [4.78, 5) is 18.6. The zero-order valence-corrected chi connectivity index (χ0v) is 14.9. The van der Waals surface area contributed by atoms with E-state index >= 15 is 0 Å². The molecule has 2 aromatic rings. The Kier molecular flexibility index (Phi) is 5.85. The summed E-state index contributed by atoms with van der Waals surface area (Å²) in [5.41, 5.74) is 3.55.